The second kappa shape index (κ2) is 3.25. The largest absolute Gasteiger partial charge is 0.324 e. The van der Waals surface area contributed by atoms with E-state index < -0.39 is 0 Å². The van der Waals surface area contributed by atoms with Crippen LogP contribution < -0.4 is 5.32 Å². The van der Waals surface area contributed by atoms with E-state index in [0.29, 0.717) is 0 Å². The van der Waals surface area contributed by atoms with Crippen molar-refractivity contribution in [1.82, 2.24) is 0 Å². The molecule has 1 aromatic carbocycles. The van der Waals surface area contributed by atoms with E-state index >= 15 is 0 Å². The van der Waals surface area contributed by atoms with Gasteiger partial charge < -0.3 is 5.32 Å². The molecule has 1 aromatic rings. The number of benzodiazepines with no additional fused rings is 1. The molecule has 14 heavy (non-hydrogen) atoms. The van der Waals surface area contributed by atoms with Gasteiger partial charge in [-0.25, -0.2) is 0 Å². The van der Waals surface area contributed by atoms with E-state index in [1.807, 2.05) is 32.0 Å². The van der Waals surface area contributed by atoms with Crippen LogP contribution in [0.1, 0.15) is 18.1 Å². The Morgan fingerprint density at radius 2 is 2.14 bits per heavy atom. The maximum atomic E-state index is 11.3. The van der Waals surface area contributed by atoms with Crippen LogP contribution in [0, 0.1) is 6.92 Å². The first-order valence-electron chi connectivity index (χ1n) is 4.59. The maximum Gasteiger partial charge on any atom is 0.246 e. The van der Waals surface area contributed by atoms with Gasteiger partial charge in [0.1, 0.15) is 6.54 Å². The SMILES string of the molecule is CC1=NCC(=O)Nc2c(C)cccc21. The summed E-state index contributed by atoms with van der Waals surface area (Å²) >= 11 is 0. The van der Waals surface area contributed by atoms with Crippen LogP contribution in [0.4, 0.5) is 5.69 Å². The highest BCUT2D eigenvalue weighted by atomic mass is 16.1. The quantitative estimate of drug-likeness (QED) is 0.662. The summed E-state index contributed by atoms with van der Waals surface area (Å²) in [6, 6.07) is 5.94. The molecule has 0 saturated carbocycles. The maximum absolute atomic E-state index is 11.3. The van der Waals surface area contributed by atoms with Crippen LogP contribution in [0.25, 0.3) is 0 Å². The Morgan fingerprint density at radius 1 is 1.36 bits per heavy atom. The number of nitrogens with zero attached hydrogens (tertiary/aromatic N) is 1. The molecule has 0 bridgehead atoms. The van der Waals surface area contributed by atoms with Crippen LogP contribution in [0.2, 0.25) is 0 Å². The number of amides is 1. The minimum atomic E-state index is -0.0441. The van der Waals surface area contributed by atoms with E-state index in [4.69, 9.17) is 0 Å². The first-order chi connectivity index (χ1) is 6.68. The Hall–Kier alpha value is -1.64. The van der Waals surface area contributed by atoms with Gasteiger partial charge in [-0.2, -0.15) is 0 Å². The van der Waals surface area contributed by atoms with Crippen LogP contribution >= 0.6 is 0 Å². The van der Waals surface area contributed by atoms with Crippen molar-refractivity contribution in [2.24, 2.45) is 4.99 Å². The van der Waals surface area contributed by atoms with E-state index in [0.717, 1.165) is 22.5 Å². The zero-order chi connectivity index (χ0) is 10.1. The fourth-order valence-electron chi connectivity index (χ4n) is 1.59. The van der Waals surface area contributed by atoms with Crippen LogP contribution in [-0.4, -0.2) is 18.2 Å². The van der Waals surface area contributed by atoms with Crippen LogP contribution in [0.5, 0.6) is 0 Å². The number of rotatable bonds is 0. The first kappa shape index (κ1) is 8.94. The molecule has 0 fully saturated rings. The highest BCUT2D eigenvalue weighted by Gasteiger charge is 2.14. The van der Waals surface area contributed by atoms with Crippen molar-refractivity contribution in [2.75, 3.05) is 11.9 Å². The molecule has 0 aromatic heterocycles. The molecule has 72 valence electrons. The van der Waals surface area contributed by atoms with E-state index in [9.17, 15) is 4.79 Å². The number of anilines is 1. The minimum absolute atomic E-state index is 0.0441. The summed E-state index contributed by atoms with van der Waals surface area (Å²) in [5.74, 6) is -0.0441. The molecule has 0 atom stereocenters. The Morgan fingerprint density at radius 3 is 2.93 bits per heavy atom. The molecule has 1 amide bonds. The molecule has 0 spiro atoms. The van der Waals surface area contributed by atoms with Gasteiger partial charge in [0.25, 0.3) is 0 Å². The fourth-order valence-corrected chi connectivity index (χ4v) is 1.59. The van der Waals surface area contributed by atoms with Gasteiger partial charge in [0, 0.05) is 11.3 Å². The van der Waals surface area contributed by atoms with E-state index in [1.165, 1.54) is 0 Å². The first-order valence-corrected chi connectivity index (χ1v) is 4.59. The van der Waals surface area contributed by atoms with Gasteiger partial charge in [-0.3, -0.25) is 9.79 Å². The molecular weight excluding hydrogens is 176 g/mol. The number of fused-ring (bicyclic) bond motifs is 1. The molecule has 3 nitrogen and oxygen atoms in total. The van der Waals surface area contributed by atoms with Crippen molar-refractivity contribution in [3.63, 3.8) is 0 Å². The minimum Gasteiger partial charge on any atom is -0.324 e. The lowest BCUT2D eigenvalue weighted by molar-refractivity contribution is -0.114. The van der Waals surface area contributed by atoms with Crippen LogP contribution in [0.15, 0.2) is 23.2 Å². The summed E-state index contributed by atoms with van der Waals surface area (Å²) in [4.78, 5) is 15.5. The zero-order valence-corrected chi connectivity index (χ0v) is 8.29. The number of aliphatic imine (C=N–C) groups is 1. The summed E-state index contributed by atoms with van der Waals surface area (Å²) in [5.41, 5.74) is 3.92. The van der Waals surface area contributed by atoms with E-state index in [1.54, 1.807) is 0 Å². The third kappa shape index (κ3) is 1.41. The Bertz CT molecular complexity index is 421. The second-order valence-corrected chi connectivity index (χ2v) is 3.45. The fraction of sp³-hybridized carbons (Fsp3) is 0.273. The molecule has 3 heteroatoms. The van der Waals surface area contributed by atoms with E-state index in [2.05, 4.69) is 10.3 Å². The van der Waals surface area contributed by atoms with Gasteiger partial charge in [0.05, 0.1) is 5.69 Å². The number of para-hydroxylation sites is 1. The topological polar surface area (TPSA) is 41.5 Å². The number of nitrogens with one attached hydrogen (secondary N) is 1. The van der Waals surface area contributed by atoms with Gasteiger partial charge in [-0.1, -0.05) is 18.2 Å². The normalized spacial score (nSPS) is 15.3. The molecular formula is C11H12N2O. The lowest BCUT2D eigenvalue weighted by Gasteiger charge is -2.09. The highest BCUT2D eigenvalue weighted by Crippen LogP contribution is 2.22. The van der Waals surface area contributed by atoms with Crippen molar-refractivity contribution < 1.29 is 4.79 Å². The van der Waals surface area contributed by atoms with Gasteiger partial charge in [-0.15, -0.1) is 0 Å². The highest BCUT2D eigenvalue weighted by molar-refractivity contribution is 6.10. The molecule has 0 saturated heterocycles. The lowest BCUT2D eigenvalue weighted by Crippen LogP contribution is -2.14. The second-order valence-electron chi connectivity index (χ2n) is 3.45. The molecule has 0 aliphatic carbocycles. The van der Waals surface area contributed by atoms with Gasteiger partial charge in [0.15, 0.2) is 0 Å². The third-order valence-electron chi connectivity index (χ3n) is 2.39. The van der Waals surface area contributed by atoms with Crippen LogP contribution in [0.3, 0.4) is 0 Å². The van der Waals surface area contributed by atoms with E-state index in [-0.39, 0.29) is 12.5 Å². The zero-order valence-electron chi connectivity index (χ0n) is 8.29. The molecule has 2 rings (SSSR count). The Labute approximate surface area is 82.9 Å². The van der Waals surface area contributed by atoms with Gasteiger partial charge >= 0.3 is 0 Å². The predicted molar refractivity (Wildman–Crippen MR) is 56.9 cm³/mol. The molecule has 1 heterocycles. The number of carbonyl (C=O) groups excluding carboxylic acids is 1. The molecule has 0 unspecified atom stereocenters. The van der Waals surface area contributed by atoms with Crippen LogP contribution in [-0.2, 0) is 4.79 Å². The average molecular weight is 188 g/mol. The number of benzene rings is 1. The number of aryl methyl sites for hydroxylation is 1. The summed E-state index contributed by atoms with van der Waals surface area (Å²) in [6.45, 7) is 4.14. The molecule has 1 aliphatic heterocycles. The summed E-state index contributed by atoms with van der Waals surface area (Å²) in [6.07, 6.45) is 0. The van der Waals surface area contributed by atoms with Crippen molar-refractivity contribution >= 4 is 17.3 Å². The Balaban J connectivity index is 2.62. The number of hydrogen-bond donors (Lipinski definition) is 1. The number of hydrogen-bond acceptors (Lipinski definition) is 2. The standard InChI is InChI=1S/C11H12N2O/c1-7-4-3-5-9-8(2)12-6-10(14)13-11(7)9/h3-5H,6H2,1-2H3,(H,13,14). The van der Waals surface area contributed by atoms with Crippen molar-refractivity contribution in [1.29, 1.82) is 0 Å². The van der Waals surface area contributed by atoms with Crippen molar-refractivity contribution in [3.05, 3.63) is 29.3 Å². The predicted octanol–water partition coefficient (Wildman–Crippen LogP) is 1.76. The summed E-state index contributed by atoms with van der Waals surface area (Å²) in [5, 5.41) is 2.87. The number of carbonyl (C=O) groups is 1. The van der Waals surface area contributed by atoms with Crippen molar-refractivity contribution in [2.45, 2.75) is 13.8 Å². The summed E-state index contributed by atoms with van der Waals surface area (Å²) in [7, 11) is 0. The average Bonchev–Trinajstić information content (AvgIpc) is 2.30. The monoisotopic (exact) mass is 188 g/mol. The molecule has 0 radical (unpaired) electrons. The Kier molecular flexibility index (Phi) is 2.08. The van der Waals surface area contributed by atoms with Gasteiger partial charge in [0.2, 0.25) is 5.91 Å². The van der Waals surface area contributed by atoms with Crippen molar-refractivity contribution in [3.8, 4) is 0 Å². The smallest absolute Gasteiger partial charge is 0.246 e. The third-order valence-corrected chi connectivity index (χ3v) is 2.39. The summed E-state index contributed by atoms with van der Waals surface area (Å²) < 4.78 is 0. The molecule has 1 N–H and O–H groups in total. The van der Waals surface area contributed by atoms with Gasteiger partial charge in [-0.05, 0) is 19.4 Å². The molecule has 1 aliphatic rings. The lowest BCUT2D eigenvalue weighted by atomic mass is 10.0.